The Balaban J connectivity index is 3.99. The zero-order valence-corrected chi connectivity index (χ0v) is 10.7. The number of ketones is 4. The fourth-order valence-corrected chi connectivity index (χ4v) is 1.32. The van der Waals surface area contributed by atoms with Gasteiger partial charge in [0.25, 0.3) is 5.78 Å². The predicted octanol–water partition coefficient (Wildman–Crippen LogP) is 1.89. The van der Waals surface area contributed by atoms with Crippen LogP contribution in [0.3, 0.4) is 0 Å². The van der Waals surface area contributed by atoms with Crippen LogP contribution in [0.4, 0.5) is 0 Å². The van der Waals surface area contributed by atoms with E-state index in [0.717, 1.165) is 0 Å². The van der Waals surface area contributed by atoms with Crippen molar-refractivity contribution >= 4 is 23.1 Å². The molecule has 0 aliphatic heterocycles. The highest BCUT2D eigenvalue weighted by atomic mass is 16.2. The molecule has 0 aromatic carbocycles. The van der Waals surface area contributed by atoms with Gasteiger partial charge in [0, 0.05) is 25.2 Å². The lowest BCUT2D eigenvalue weighted by molar-refractivity contribution is -0.144. The number of carbonyl (C=O) groups is 4. The molecule has 0 aliphatic rings. The van der Waals surface area contributed by atoms with E-state index in [-0.39, 0.29) is 24.5 Å². The highest BCUT2D eigenvalue weighted by Crippen LogP contribution is 2.05. The third-order valence-corrected chi connectivity index (χ3v) is 2.45. The molecule has 0 amide bonds. The standard InChI is InChI=1S/C13H20O4/c1-4-6-11(15)13(17)12(16)8-5-7-10(14)9(2)3/h9H,4-8H2,1-3H3. The van der Waals surface area contributed by atoms with E-state index in [0.29, 0.717) is 19.3 Å². The van der Waals surface area contributed by atoms with E-state index in [1.807, 2.05) is 0 Å². The van der Waals surface area contributed by atoms with Gasteiger partial charge in [0.15, 0.2) is 0 Å². The van der Waals surface area contributed by atoms with Crippen molar-refractivity contribution in [2.24, 2.45) is 5.92 Å². The fourth-order valence-electron chi connectivity index (χ4n) is 1.32. The molecule has 0 bridgehead atoms. The molecule has 0 unspecified atom stereocenters. The Bertz CT molecular complexity index is 315. The number of hydrogen-bond acceptors (Lipinski definition) is 4. The molecule has 96 valence electrons. The highest BCUT2D eigenvalue weighted by Gasteiger charge is 2.21. The van der Waals surface area contributed by atoms with E-state index in [4.69, 9.17) is 0 Å². The Kier molecular flexibility index (Phi) is 7.26. The Hall–Kier alpha value is -1.32. The van der Waals surface area contributed by atoms with Gasteiger partial charge in [0.2, 0.25) is 11.6 Å². The average Bonchev–Trinajstić information content (AvgIpc) is 2.27. The lowest BCUT2D eigenvalue weighted by Gasteiger charge is -2.02. The fraction of sp³-hybridized carbons (Fsp3) is 0.692. The zero-order valence-electron chi connectivity index (χ0n) is 10.7. The van der Waals surface area contributed by atoms with Crippen LogP contribution in [0.1, 0.15) is 52.9 Å². The lowest BCUT2D eigenvalue weighted by atomic mass is 10.00. The van der Waals surface area contributed by atoms with Crippen molar-refractivity contribution in [3.05, 3.63) is 0 Å². The second kappa shape index (κ2) is 7.87. The van der Waals surface area contributed by atoms with E-state index in [9.17, 15) is 19.2 Å². The van der Waals surface area contributed by atoms with Crippen LogP contribution >= 0.6 is 0 Å². The van der Waals surface area contributed by atoms with Gasteiger partial charge in [0.1, 0.15) is 5.78 Å². The molecule has 0 atom stereocenters. The molecule has 0 fully saturated rings. The molecule has 0 heterocycles. The van der Waals surface area contributed by atoms with Crippen molar-refractivity contribution in [2.45, 2.75) is 52.9 Å². The Morgan fingerprint density at radius 1 is 0.882 bits per heavy atom. The highest BCUT2D eigenvalue weighted by molar-refractivity contribution is 6.63. The molecule has 0 saturated heterocycles. The maximum atomic E-state index is 11.3. The average molecular weight is 240 g/mol. The molecule has 0 aromatic rings. The first-order valence-electron chi connectivity index (χ1n) is 6.03. The van der Waals surface area contributed by atoms with Crippen LogP contribution in [0.25, 0.3) is 0 Å². The summed E-state index contributed by atoms with van der Waals surface area (Å²) >= 11 is 0. The third kappa shape index (κ3) is 6.09. The Morgan fingerprint density at radius 2 is 1.41 bits per heavy atom. The second-order valence-electron chi connectivity index (χ2n) is 4.40. The Labute approximate surface area is 102 Å². The number of Topliss-reactive ketones (excluding diaryl/α,β-unsaturated/α-hetero) is 4. The largest absolute Gasteiger partial charge is 0.299 e. The predicted molar refractivity (Wildman–Crippen MR) is 63.6 cm³/mol. The van der Waals surface area contributed by atoms with E-state index in [1.165, 1.54) is 0 Å². The van der Waals surface area contributed by atoms with Crippen LogP contribution in [-0.2, 0) is 19.2 Å². The van der Waals surface area contributed by atoms with Gasteiger partial charge in [-0.3, -0.25) is 19.2 Å². The van der Waals surface area contributed by atoms with Crippen molar-refractivity contribution in [2.75, 3.05) is 0 Å². The van der Waals surface area contributed by atoms with Gasteiger partial charge in [-0.05, 0) is 12.8 Å². The first-order chi connectivity index (χ1) is 7.90. The molecule has 0 spiro atoms. The van der Waals surface area contributed by atoms with Gasteiger partial charge in [-0.25, -0.2) is 0 Å². The minimum Gasteiger partial charge on any atom is -0.299 e. The minimum absolute atomic E-state index is 0.00719. The van der Waals surface area contributed by atoms with E-state index < -0.39 is 17.3 Å². The van der Waals surface area contributed by atoms with Gasteiger partial charge < -0.3 is 0 Å². The van der Waals surface area contributed by atoms with Crippen LogP contribution in [-0.4, -0.2) is 23.1 Å². The summed E-state index contributed by atoms with van der Waals surface area (Å²) in [5, 5.41) is 0. The minimum atomic E-state index is -0.913. The summed E-state index contributed by atoms with van der Waals surface area (Å²) in [6, 6.07) is 0. The first kappa shape index (κ1) is 15.7. The quantitative estimate of drug-likeness (QED) is 0.456. The Morgan fingerprint density at radius 3 is 1.88 bits per heavy atom. The normalized spacial score (nSPS) is 10.4. The molecule has 0 aliphatic carbocycles. The van der Waals surface area contributed by atoms with Gasteiger partial charge in [-0.1, -0.05) is 20.8 Å². The summed E-state index contributed by atoms with van der Waals surface area (Å²) in [5.41, 5.74) is 0. The first-order valence-corrected chi connectivity index (χ1v) is 6.03. The maximum absolute atomic E-state index is 11.3. The maximum Gasteiger partial charge on any atom is 0.264 e. The molecule has 4 heteroatoms. The summed E-state index contributed by atoms with van der Waals surface area (Å²) in [5.74, 6) is -2.18. The third-order valence-electron chi connectivity index (χ3n) is 2.45. The second-order valence-corrected chi connectivity index (χ2v) is 4.40. The van der Waals surface area contributed by atoms with E-state index in [2.05, 4.69) is 0 Å². The van der Waals surface area contributed by atoms with Gasteiger partial charge in [-0.15, -0.1) is 0 Å². The molecule has 0 aromatic heterocycles. The van der Waals surface area contributed by atoms with Gasteiger partial charge in [-0.2, -0.15) is 0 Å². The SMILES string of the molecule is CCCC(=O)C(=O)C(=O)CCCC(=O)C(C)C. The summed E-state index contributed by atoms with van der Waals surface area (Å²) in [6.45, 7) is 5.36. The number of hydrogen-bond donors (Lipinski definition) is 0. The van der Waals surface area contributed by atoms with Crippen LogP contribution in [0.2, 0.25) is 0 Å². The summed E-state index contributed by atoms with van der Waals surface area (Å²) in [7, 11) is 0. The summed E-state index contributed by atoms with van der Waals surface area (Å²) < 4.78 is 0. The van der Waals surface area contributed by atoms with Crippen LogP contribution < -0.4 is 0 Å². The van der Waals surface area contributed by atoms with Crippen molar-refractivity contribution in [1.82, 2.24) is 0 Å². The van der Waals surface area contributed by atoms with Crippen molar-refractivity contribution in [1.29, 1.82) is 0 Å². The molecule has 17 heavy (non-hydrogen) atoms. The zero-order chi connectivity index (χ0) is 13.4. The van der Waals surface area contributed by atoms with E-state index >= 15 is 0 Å². The van der Waals surface area contributed by atoms with Gasteiger partial charge >= 0.3 is 0 Å². The topological polar surface area (TPSA) is 68.3 Å². The van der Waals surface area contributed by atoms with Crippen molar-refractivity contribution in [3.63, 3.8) is 0 Å². The molecular formula is C13H20O4. The number of carbonyl (C=O) groups excluding carboxylic acids is 4. The molecule has 4 nitrogen and oxygen atoms in total. The van der Waals surface area contributed by atoms with Crippen LogP contribution in [0, 0.1) is 5.92 Å². The summed E-state index contributed by atoms with van der Waals surface area (Å²) in [6.07, 6.45) is 1.31. The van der Waals surface area contributed by atoms with Crippen LogP contribution in [0.15, 0.2) is 0 Å². The lowest BCUT2D eigenvalue weighted by Crippen LogP contribution is -2.23. The van der Waals surface area contributed by atoms with Gasteiger partial charge in [0.05, 0.1) is 0 Å². The van der Waals surface area contributed by atoms with E-state index in [1.54, 1.807) is 20.8 Å². The summed E-state index contributed by atoms with van der Waals surface area (Å²) in [4.78, 5) is 45.0. The molecule has 0 saturated carbocycles. The molecule has 0 N–H and O–H groups in total. The van der Waals surface area contributed by atoms with Crippen molar-refractivity contribution in [3.8, 4) is 0 Å². The number of rotatable bonds is 9. The van der Waals surface area contributed by atoms with Crippen LogP contribution in [0.5, 0.6) is 0 Å². The molecule has 0 radical (unpaired) electrons. The van der Waals surface area contributed by atoms with Crippen molar-refractivity contribution < 1.29 is 19.2 Å². The monoisotopic (exact) mass is 240 g/mol. The molecular weight excluding hydrogens is 220 g/mol. The molecule has 0 rings (SSSR count). The smallest absolute Gasteiger partial charge is 0.264 e.